The zero-order chi connectivity index (χ0) is 11.4. The molecule has 1 atom stereocenters. The minimum absolute atomic E-state index is 0.278. The van der Waals surface area contributed by atoms with E-state index in [1.165, 1.54) is 24.8 Å². The molecule has 1 N–H and O–H groups in total. The number of nitrogens with zero attached hydrogens (tertiary/aromatic N) is 3. The highest BCUT2D eigenvalue weighted by molar-refractivity contribution is 5.03. The molecule has 2 rings (SSSR count). The van der Waals surface area contributed by atoms with Gasteiger partial charge in [-0.2, -0.15) is 5.10 Å². The van der Waals surface area contributed by atoms with E-state index in [0.717, 1.165) is 19.5 Å². The Kier molecular flexibility index (Phi) is 3.96. The maximum Gasteiger partial charge on any atom is 0.0586 e. The molecule has 1 fully saturated rings. The molecule has 0 spiro atoms. The highest BCUT2D eigenvalue weighted by atomic mass is 16.3. The molecule has 0 saturated carbocycles. The van der Waals surface area contributed by atoms with Crippen LogP contribution in [0.4, 0.5) is 0 Å². The molecule has 1 aliphatic rings. The number of hydrogen-bond acceptors (Lipinski definition) is 3. The quantitative estimate of drug-likeness (QED) is 0.836. The van der Waals surface area contributed by atoms with Crippen LogP contribution in [0.5, 0.6) is 0 Å². The van der Waals surface area contributed by atoms with Crippen molar-refractivity contribution in [2.24, 2.45) is 7.05 Å². The fourth-order valence-corrected chi connectivity index (χ4v) is 2.44. The first-order valence-corrected chi connectivity index (χ1v) is 6.12. The predicted octanol–water partition coefficient (Wildman–Crippen LogP) is 1.16. The second-order valence-corrected chi connectivity index (χ2v) is 4.68. The molecule has 0 aliphatic carbocycles. The van der Waals surface area contributed by atoms with Gasteiger partial charge in [-0.15, -0.1) is 0 Å². The molecule has 16 heavy (non-hydrogen) atoms. The second-order valence-electron chi connectivity index (χ2n) is 4.68. The zero-order valence-electron chi connectivity index (χ0n) is 9.97. The van der Waals surface area contributed by atoms with E-state index in [9.17, 15) is 5.11 Å². The van der Waals surface area contributed by atoms with Gasteiger partial charge in [-0.05, 0) is 19.4 Å². The summed E-state index contributed by atoms with van der Waals surface area (Å²) in [4.78, 5) is 2.39. The van der Waals surface area contributed by atoms with Gasteiger partial charge in [0.2, 0.25) is 0 Å². The van der Waals surface area contributed by atoms with Crippen molar-refractivity contribution >= 4 is 0 Å². The van der Waals surface area contributed by atoms with Crippen LogP contribution >= 0.6 is 0 Å². The van der Waals surface area contributed by atoms with E-state index in [0.29, 0.717) is 6.04 Å². The third kappa shape index (κ3) is 2.83. The lowest BCUT2D eigenvalue weighted by Gasteiger charge is -2.27. The molecule has 1 aliphatic heterocycles. The normalized spacial score (nSPS) is 23.2. The summed E-state index contributed by atoms with van der Waals surface area (Å²) in [7, 11) is 1.94. The Morgan fingerprint density at radius 1 is 1.44 bits per heavy atom. The Bertz CT molecular complexity index is 324. The largest absolute Gasteiger partial charge is 0.395 e. The third-order valence-corrected chi connectivity index (χ3v) is 3.35. The Morgan fingerprint density at radius 3 is 3.00 bits per heavy atom. The van der Waals surface area contributed by atoms with Crippen molar-refractivity contribution in [2.75, 3.05) is 13.2 Å². The van der Waals surface area contributed by atoms with Crippen LogP contribution in [-0.4, -0.2) is 39.0 Å². The van der Waals surface area contributed by atoms with Gasteiger partial charge in [0.05, 0.1) is 12.8 Å². The average molecular weight is 223 g/mol. The fraction of sp³-hybridized carbons (Fsp3) is 0.750. The monoisotopic (exact) mass is 223 g/mol. The van der Waals surface area contributed by atoms with Crippen LogP contribution in [-0.2, 0) is 13.6 Å². The smallest absolute Gasteiger partial charge is 0.0586 e. The first-order valence-electron chi connectivity index (χ1n) is 6.12. The summed E-state index contributed by atoms with van der Waals surface area (Å²) < 4.78 is 1.83. The van der Waals surface area contributed by atoms with Crippen molar-refractivity contribution in [2.45, 2.75) is 38.3 Å². The number of likely N-dealkylation sites (tertiary alicyclic amines) is 1. The number of aliphatic hydroxyl groups excluding tert-OH is 1. The predicted molar refractivity (Wildman–Crippen MR) is 63.0 cm³/mol. The van der Waals surface area contributed by atoms with Crippen molar-refractivity contribution < 1.29 is 5.11 Å². The van der Waals surface area contributed by atoms with Crippen molar-refractivity contribution in [3.63, 3.8) is 0 Å². The summed E-state index contributed by atoms with van der Waals surface area (Å²) in [6.07, 6.45) is 8.88. The van der Waals surface area contributed by atoms with Crippen LogP contribution in [0.1, 0.15) is 31.2 Å². The van der Waals surface area contributed by atoms with E-state index in [-0.39, 0.29) is 6.61 Å². The van der Waals surface area contributed by atoms with Crippen LogP contribution in [0.2, 0.25) is 0 Å². The fourth-order valence-electron chi connectivity index (χ4n) is 2.44. The summed E-state index contributed by atoms with van der Waals surface area (Å²) in [5.41, 5.74) is 1.24. The molecule has 1 saturated heterocycles. The van der Waals surface area contributed by atoms with E-state index < -0.39 is 0 Å². The summed E-state index contributed by atoms with van der Waals surface area (Å²) in [6.45, 7) is 2.29. The van der Waals surface area contributed by atoms with Gasteiger partial charge >= 0.3 is 0 Å². The van der Waals surface area contributed by atoms with Crippen LogP contribution in [0.25, 0.3) is 0 Å². The zero-order valence-corrected chi connectivity index (χ0v) is 9.97. The molecule has 4 heteroatoms. The molecule has 0 radical (unpaired) electrons. The van der Waals surface area contributed by atoms with Gasteiger partial charge in [0, 0.05) is 31.4 Å². The van der Waals surface area contributed by atoms with Gasteiger partial charge in [-0.3, -0.25) is 9.58 Å². The van der Waals surface area contributed by atoms with Gasteiger partial charge < -0.3 is 5.11 Å². The minimum atomic E-state index is 0.278. The lowest BCUT2D eigenvalue weighted by Crippen LogP contribution is -2.36. The maximum absolute atomic E-state index is 9.41. The summed E-state index contributed by atoms with van der Waals surface area (Å²) >= 11 is 0. The molecule has 0 amide bonds. The van der Waals surface area contributed by atoms with Crippen LogP contribution < -0.4 is 0 Å². The van der Waals surface area contributed by atoms with E-state index in [2.05, 4.69) is 16.2 Å². The van der Waals surface area contributed by atoms with Gasteiger partial charge in [0.25, 0.3) is 0 Å². The summed E-state index contributed by atoms with van der Waals surface area (Å²) in [5.74, 6) is 0. The van der Waals surface area contributed by atoms with Crippen molar-refractivity contribution in [3.05, 3.63) is 18.0 Å². The number of hydrogen-bond donors (Lipinski definition) is 1. The van der Waals surface area contributed by atoms with E-state index >= 15 is 0 Å². The Hall–Kier alpha value is -0.870. The SMILES string of the molecule is Cn1cc(CN2CCCCCC2CO)cn1. The van der Waals surface area contributed by atoms with Gasteiger partial charge in [0.1, 0.15) is 0 Å². The number of rotatable bonds is 3. The standard InChI is InChI=1S/C12H21N3O/c1-14-8-11(7-13-14)9-15-6-4-2-3-5-12(15)10-16/h7-8,12,16H,2-6,9-10H2,1H3. The van der Waals surface area contributed by atoms with Gasteiger partial charge in [0.15, 0.2) is 0 Å². The minimum Gasteiger partial charge on any atom is -0.395 e. The van der Waals surface area contributed by atoms with Crippen LogP contribution in [0.15, 0.2) is 12.4 Å². The first kappa shape index (κ1) is 11.6. The maximum atomic E-state index is 9.41. The summed E-state index contributed by atoms with van der Waals surface area (Å²) in [6, 6.07) is 0.336. The van der Waals surface area contributed by atoms with Gasteiger partial charge in [-0.1, -0.05) is 12.8 Å². The number of aromatic nitrogens is 2. The van der Waals surface area contributed by atoms with E-state index in [1.54, 1.807) is 0 Å². The Morgan fingerprint density at radius 2 is 2.31 bits per heavy atom. The number of aryl methyl sites for hydroxylation is 1. The first-order chi connectivity index (χ1) is 7.79. The molecule has 1 aromatic heterocycles. The highest BCUT2D eigenvalue weighted by Crippen LogP contribution is 2.18. The summed E-state index contributed by atoms with van der Waals surface area (Å²) in [5, 5.41) is 13.6. The Labute approximate surface area is 96.9 Å². The molecule has 1 unspecified atom stereocenters. The van der Waals surface area contributed by atoms with Crippen LogP contribution in [0.3, 0.4) is 0 Å². The molecule has 90 valence electrons. The lowest BCUT2D eigenvalue weighted by molar-refractivity contribution is 0.118. The van der Waals surface area contributed by atoms with Crippen molar-refractivity contribution in [3.8, 4) is 0 Å². The van der Waals surface area contributed by atoms with E-state index in [4.69, 9.17) is 0 Å². The molecule has 1 aromatic rings. The second kappa shape index (κ2) is 5.46. The molecule has 0 aromatic carbocycles. The topological polar surface area (TPSA) is 41.3 Å². The third-order valence-electron chi connectivity index (χ3n) is 3.35. The number of aliphatic hydroxyl groups is 1. The van der Waals surface area contributed by atoms with Crippen molar-refractivity contribution in [1.82, 2.24) is 14.7 Å². The molecule has 2 heterocycles. The molecule has 0 bridgehead atoms. The van der Waals surface area contributed by atoms with Crippen LogP contribution in [0, 0.1) is 0 Å². The molecular formula is C12H21N3O. The lowest BCUT2D eigenvalue weighted by atomic mass is 10.1. The highest BCUT2D eigenvalue weighted by Gasteiger charge is 2.20. The van der Waals surface area contributed by atoms with Crippen molar-refractivity contribution in [1.29, 1.82) is 0 Å². The Balaban J connectivity index is 1.99. The van der Waals surface area contributed by atoms with Gasteiger partial charge in [-0.25, -0.2) is 0 Å². The average Bonchev–Trinajstić information content (AvgIpc) is 2.56. The molecule has 4 nitrogen and oxygen atoms in total. The van der Waals surface area contributed by atoms with E-state index in [1.807, 2.05) is 17.9 Å². The molecular weight excluding hydrogens is 202 g/mol.